The largest absolute Gasteiger partial charge is 0.399 e. The zero-order valence-corrected chi connectivity index (χ0v) is 9.21. The molecule has 1 saturated heterocycles. The molecule has 1 unspecified atom stereocenters. The summed E-state index contributed by atoms with van der Waals surface area (Å²) in [4.78, 5) is 23.1. The summed E-state index contributed by atoms with van der Waals surface area (Å²) in [5.74, 6) is -0.490. The lowest BCUT2D eigenvalue weighted by molar-refractivity contribution is -0.124. The molecule has 1 aliphatic heterocycles. The summed E-state index contributed by atoms with van der Waals surface area (Å²) in [6.07, 6.45) is 0.207. The van der Waals surface area contributed by atoms with Crippen LogP contribution in [-0.2, 0) is 9.59 Å². The molecule has 0 radical (unpaired) electrons. The van der Waals surface area contributed by atoms with E-state index in [4.69, 9.17) is 11.5 Å². The molecule has 84 valence electrons. The number of nitrogen functional groups attached to an aromatic ring is 2. The maximum atomic E-state index is 11.3. The molecular formula is C10H11N3O2S. The van der Waals surface area contributed by atoms with Gasteiger partial charge in [0.2, 0.25) is 11.8 Å². The molecule has 1 fully saturated rings. The molecule has 1 heterocycles. The molecule has 0 aromatic heterocycles. The van der Waals surface area contributed by atoms with E-state index in [9.17, 15) is 9.59 Å². The van der Waals surface area contributed by atoms with Crippen LogP contribution in [0.15, 0.2) is 23.1 Å². The molecule has 2 amide bonds. The highest BCUT2D eigenvalue weighted by atomic mass is 32.2. The Morgan fingerprint density at radius 3 is 2.31 bits per heavy atom. The van der Waals surface area contributed by atoms with Gasteiger partial charge in [0.15, 0.2) is 0 Å². The number of benzene rings is 1. The van der Waals surface area contributed by atoms with Crippen LogP contribution in [0.1, 0.15) is 6.42 Å². The third-order valence-corrected chi connectivity index (χ3v) is 3.33. The van der Waals surface area contributed by atoms with Crippen LogP contribution in [0.25, 0.3) is 0 Å². The first-order valence-electron chi connectivity index (χ1n) is 4.71. The Hall–Kier alpha value is -1.69. The number of hydrogen-bond acceptors (Lipinski definition) is 5. The number of imide groups is 1. The van der Waals surface area contributed by atoms with Gasteiger partial charge < -0.3 is 11.5 Å². The third-order valence-electron chi connectivity index (χ3n) is 2.16. The molecule has 5 N–H and O–H groups in total. The van der Waals surface area contributed by atoms with Crippen LogP contribution in [0.5, 0.6) is 0 Å². The van der Waals surface area contributed by atoms with Crippen molar-refractivity contribution in [3.05, 3.63) is 18.2 Å². The third kappa shape index (κ3) is 2.27. The zero-order valence-electron chi connectivity index (χ0n) is 8.40. The number of amides is 2. The second-order valence-corrected chi connectivity index (χ2v) is 4.83. The van der Waals surface area contributed by atoms with Crippen LogP contribution < -0.4 is 16.8 Å². The molecule has 1 aromatic carbocycles. The van der Waals surface area contributed by atoms with Crippen molar-refractivity contribution >= 4 is 35.0 Å². The van der Waals surface area contributed by atoms with E-state index in [1.54, 1.807) is 18.2 Å². The normalized spacial score (nSPS) is 19.9. The monoisotopic (exact) mass is 237 g/mol. The molecule has 16 heavy (non-hydrogen) atoms. The SMILES string of the molecule is Nc1cc(N)cc(SC2CC(=O)NC2=O)c1. The van der Waals surface area contributed by atoms with Crippen molar-refractivity contribution in [1.29, 1.82) is 0 Å². The minimum Gasteiger partial charge on any atom is -0.399 e. The van der Waals surface area contributed by atoms with Gasteiger partial charge in [0.25, 0.3) is 0 Å². The summed E-state index contributed by atoms with van der Waals surface area (Å²) in [7, 11) is 0. The molecular weight excluding hydrogens is 226 g/mol. The lowest BCUT2D eigenvalue weighted by Gasteiger charge is -2.07. The standard InChI is InChI=1S/C10H11N3O2S/c11-5-1-6(12)3-7(2-5)16-8-4-9(14)13-10(8)15/h1-3,8H,4,11-12H2,(H,13,14,15). The second kappa shape index (κ2) is 4.05. The molecule has 1 aromatic rings. The van der Waals surface area contributed by atoms with E-state index in [-0.39, 0.29) is 23.5 Å². The van der Waals surface area contributed by atoms with Gasteiger partial charge in [-0.15, -0.1) is 11.8 Å². The molecule has 0 aliphatic carbocycles. The molecule has 1 aliphatic rings. The van der Waals surface area contributed by atoms with Gasteiger partial charge in [0, 0.05) is 22.7 Å². The van der Waals surface area contributed by atoms with Gasteiger partial charge in [-0.25, -0.2) is 0 Å². The molecule has 0 bridgehead atoms. The fourth-order valence-electron chi connectivity index (χ4n) is 1.50. The van der Waals surface area contributed by atoms with Crippen LogP contribution in [0, 0.1) is 0 Å². The lowest BCUT2D eigenvalue weighted by atomic mass is 10.3. The smallest absolute Gasteiger partial charge is 0.240 e. The predicted octanol–water partition coefficient (Wildman–Crippen LogP) is 0.358. The quantitative estimate of drug-likeness (QED) is 0.509. The Bertz CT molecular complexity index is 441. The van der Waals surface area contributed by atoms with Gasteiger partial charge in [-0.2, -0.15) is 0 Å². The first kappa shape index (κ1) is 10.8. The van der Waals surface area contributed by atoms with E-state index >= 15 is 0 Å². The lowest BCUT2D eigenvalue weighted by Crippen LogP contribution is -2.22. The number of hydrogen-bond donors (Lipinski definition) is 3. The number of carbonyl (C=O) groups excluding carboxylic acids is 2. The van der Waals surface area contributed by atoms with Gasteiger partial charge >= 0.3 is 0 Å². The van der Waals surface area contributed by atoms with Gasteiger partial charge in [0.05, 0.1) is 5.25 Å². The van der Waals surface area contributed by atoms with Crippen LogP contribution in [0.4, 0.5) is 11.4 Å². The first-order chi connectivity index (χ1) is 7.54. The van der Waals surface area contributed by atoms with Crippen LogP contribution in [-0.4, -0.2) is 17.1 Å². The topological polar surface area (TPSA) is 98.2 Å². The second-order valence-electron chi connectivity index (χ2n) is 3.56. The van der Waals surface area contributed by atoms with E-state index in [2.05, 4.69) is 5.32 Å². The molecule has 0 spiro atoms. The van der Waals surface area contributed by atoms with E-state index in [1.807, 2.05) is 0 Å². The molecule has 6 heteroatoms. The maximum Gasteiger partial charge on any atom is 0.240 e. The maximum absolute atomic E-state index is 11.3. The Morgan fingerprint density at radius 2 is 1.81 bits per heavy atom. The Balaban J connectivity index is 2.15. The van der Waals surface area contributed by atoms with Crippen molar-refractivity contribution in [1.82, 2.24) is 5.32 Å². The van der Waals surface area contributed by atoms with Crippen molar-refractivity contribution in [2.24, 2.45) is 0 Å². The summed E-state index contributed by atoms with van der Waals surface area (Å²) in [5, 5.41) is 1.87. The van der Waals surface area contributed by atoms with Crippen molar-refractivity contribution in [3.63, 3.8) is 0 Å². The number of nitrogens with one attached hydrogen (secondary N) is 1. The Labute approximate surface area is 96.6 Å². The number of thioether (sulfide) groups is 1. The minimum absolute atomic E-state index is 0.207. The van der Waals surface area contributed by atoms with Crippen LogP contribution in [0.3, 0.4) is 0 Å². The average molecular weight is 237 g/mol. The van der Waals surface area contributed by atoms with E-state index in [0.717, 1.165) is 4.90 Å². The molecule has 0 saturated carbocycles. The fourth-order valence-corrected chi connectivity index (χ4v) is 2.64. The molecule has 5 nitrogen and oxygen atoms in total. The van der Waals surface area contributed by atoms with E-state index in [0.29, 0.717) is 11.4 Å². The highest BCUT2D eigenvalue weighted by Crippen LogP contribution is 2.30. The summed E-state index contributed by atoms with van der Waals surface area (Å²) in [5.41, 5.74) is 12.4. The minimum atomic E-state index is -0.381. The molecule has 2 rings (SSSR count). The van der Waals surface area contributed by atoms with Gasteiger partial charge in [-0.05, 0) is 18.2 Å². The first-order valence-corrected chi connectivity index (χ1v) is 5.59. The van der Waals surface area contributed by atoms with Crippen LogP contribution in [0.2, 0.25) is 0 Å². The molecule has 1 atom stereocenters. The summed E-state index contributed by atoms with van der Waals surface area (Å²) in [6, 6.07) is 5.11. The van der Waals surface area contributed by atoms with Gasteiger partial charge in [-0.1, -0.05) is 0 Å². The van der Waals surface area contributed by atoms with Crippen LogP contribution >= 0.6 is 11.8 Å². The number of nitrogens with two attached hydrogens (primary N) is 2. The summed E-state index contributed by atoms with van der Waals surface area (Å²) < 4.78 is 0. The Kier molecular flexibility index (Phi) is 2.74. The predicted molar refractivity (Wildman–Crippen MR) is 62.7 cm³/mol. The average Bonchev–Trinajstić information content (AvgIpc) is 2.43. The highest BCUT2D eigenvalue weighted by Gasteiger charge is 2.31. The summed E-state index contributed by atoms with van der Waals surface area (Å²) in [6.45, 7) is 0. The van der Waals surface area contributed by atoms with Gasteiger partial charge in [-0.3, -0.25) is 14.9 Å². The van der Waals surface area contributed by atoms with Gasteiger partial charge in [0.1, 0.15) is 0 Å². The van der Waals surface area contributed by atoms with Crippen molar-refractivity contribution < 1.29 is 9.59 Å². The zero-order chi connectivity index (χ0) is 11.7. The van der Waals surface area contributed by atoms with Crippen molar-refractivity contribution in [2.75, 3.05) is 11.5 Å². The summed E-state index contributed by atoms with van der Waals surface area (Å²) >= 11 is 1.30. The van der Waals surface area contributed by atoms with Crippen molar-refractivity contribution in [3.8, 4) is 0 Å². The Morgan fingerprint density at radius 1 is 1.19 bits per heavy atom. The van der Waals surface area contributed by atoms with Crippen molar-refractivity contribution in [2.45, 2.75) is 16.6 Å². The number of carbonyl (C=O) groups is 2. The fraction of sp³-hybridized carbons (Fsp3) is 0.200. The number of rotatable bonds is 2. The number of anilines is 2. The van der Waals surface area contributed by atoms with E-state index < -0.39 is 0 Å². The highest BCUT2D eigenvalue weighted by molar-refractivity contribution is 8.00. The van der Waals surface area contributed by atoms with E-state index in [1.165, 1.54) is 11.8 Å².